The van der Waals surface area contributed by atoms with E-state index in [2.05, 4.69) is 15.5 Å². The van der Waals surface area contributed by atoms with Gasteiger partial charge >= 0.3 is 0 Å². The van der Waals surface area contributed by atoms with Crippen LogP contribution >= 0.6 is 11.6 Å². The van der Waals surface area contributed by atoms with Crippen LogP contribution in [0.25, 0.3) is 0 Å². The monoisotopic (exact) mass is 319 g/mol. The quantitative estimate of drug-likeness (QED) is 0.938. The van der Waals surface area contributed by atoms with Crippen LogP contribution in [-0.4, -0.2) is 16.1 Å². The molecule has 1 atom stereocenters. The van der Waals surface area contributed by atoms with Crippen molar-refractivity contribution in [3.05, 3.63) is 46.6 Å². The molecule has 1 fully saturated rings. The molecular weight excluding hydrogens is 302 g/mol. The Bertz CT molecular complexity index is 677. The number of amides is 1. The van der Waals surface area contributed by atoms with Crippen molar-refractivity contribution in [3.63, 3.8) is 0 Å². The highest BCUT2D eigenvalue weighted by molar-refractivity contribution is 6.30. The Kier molecular flexibility index (Phi) is 3.91. The molecule has 1 aromatic heterocycles. The second-order valence-corrected chi connectivity index (χ2v) is 6.23. The average Bonchev–Trinajstić information content (AvgIpc) is 2.86. The fourth-order valence-electron chi connectivity index (χ4n) is 2.83. The molecule has 22 heavy (non-hydrogen) atoms. The summed E-state index contributed by atoms with van der Waals surface area (Å²) in [5.74, 6) is 0.924. The largest absolute Gasteiger partial charge is 0.423 e. The standard InChI is InChI=1S/C16H18ClN3O2/c1-10(14-20-19-11(2)22-14)18-15(21)16(8-3-9-16)12-4-6-13(17)7-5-12/h4-7,10H,3,8-9H2,1-2H3,(H,18,21)/t10-/m1/s1. The lowest BCUT2D eigenvalue weighted by Gasteiger charge is -2.41. The predicted molar refractivity (Wildman–Crippen MR) is 82.6 cm³/mol. The number of hydrogen-bond donors (Lipinski definition) is 1. The smallest absolute Gasteiger partial charge is 0.238 e. The van der Waals surface area contributed by atoms with Gasteiger partial charge in [0.1, 0.15) is 6.04 Å². The number of nitrogens with one attached hydrogen (secondary N) is 1. The maximum atomic E-state index is 12.8. The number of rotatable bonds is 4. The molecule has 1 heterocycles. The van der Waals surface area contributed by atoms with E-state index in [-0.39, 0.29) is 11.9 Å². The van der Waals surface area contributed by atoms with Gasteiger partial charge in [-0.3, -0.25) is 4.79 Å². The minimum absolute atomic E-state index is 0.00410. The number of benzene rings is 1. The Morgan fingerprint density at radius 3 is 2.50 bits per heavy atom. The molecule has 1 amide bonds. The summed E-state index contributed by atoms with van der Waals surface area (Å²) < 4.78 is 5.38. The number of aryl methyl sites for hydroxylation is 1. The van der Waals surface area contributed by atoms with Crippen molar-refractivity contribution in [3.8, 4) is 0 Å². The number of carbonyl (C=O) groups is 1. The van der Waals surface area contributed by atoms with Crippen LogP contribution in [0.1, 0.15) is 49.6 Å². The van der Waals surface area contributed by atoms with E-state index in [1.165, 1.54) is 0 Å². The third-order valence-corrected chi connectivity index (χ3v) is 4.55. The molecule has 0 aliphatic heterocycles. The van der Waals surface area contributed by atoms with Crippen LogP contribution in [0, 0.1) is 6.92 Å². The van der Waals surface area contributed by atoms with Gasteiger partial charge in [-0.25, -0.2) is 0 Å². The third-order valence-electron chi connectivity index (χ3n) is 4.30. The Morgan fingerprint density at radius 1 is 1.32 bits per heavy atom. The molecule has 1 saturated carbocycles. The molecular formula is C16H18ClN3O2. The maximum absolute atomic E-state index is 12.8. The molecule has 0 saturated heterocycles. The van der Waals surface area contributed by atoms with Crippen LogP contribution < -0.4 is 5.32 Å². The van der Waals surface area contributed by atoms with E-state index in [1.54, 1.807) is 6.92 Å². The zero-order valence-electron chi connectivity index (χ0n) is 12.6. The first kappa shape index (κ1) is 15.0. The lowest BCUT2D eigenvalue weighted by atomic mass is 9.63. The van der Waals surface area contributed by atoms with E-state index in [0.29, 0.717) is 16.8 Å². The summed E-state index contributed by atoms with van der Waals surface area (Å²) in [6.07, 6.45) is 2.73. The maximum Gasteiger partial charge on any atom is 0.238 e. The van der Waals surface area contributed by atoms with Gasteiger partial charge in [-0.1, -0.05) is 30.2 Å². The van der Waals surface area contributed by atoms with Gasteiger partial charge in [-0.05, 0) is 37.5 Å². The molecule has 116 valence electrons. The van der Waals surface area contributed by atoms with Gasteiger partial charge in [0.2, 0.25) is 17.7 Å². The SMILES string of the molecule is Cc1nnc([C@@H](C)NC(=O)C2(c3ccc(Cl)cc3)CCC2)o1. The lowest BCUT2D eigenvalue weighted by molar-refractivity contribution is -0.130. The molecule has 0 unspecified atom stereocenters. The van der Waals surface area contributed by atoms with Gasteiger partial charge in [-0.2, -0.15) is 0 Å². The molecule has 0 radical (unpaired) electrons. The average molecular weight is 320 g/mol. The zero-order valence-corrected chi connectivity index (χ0v) is 13.4. The highest BCUT2D eigenvalue weighted by Crippen LogP contribution is 2.44. The van der Waals surface area contributed by atoms with E-state index >= 15 is 0 Å². The number of carbonyl (C=O) groups excluding carboxylic acids is 1. The first-order chi connectivity index (χ1) is 10.5. The number of hydrogen-bond acceptors (Lipinski definition) is 4. The Labute approximate surface area is 134 Å². The molecule has 2 aromatic rings. The summed E-state index contributed by atoms with van der Waals surface area (Å²) in [6.45, 7) is 3.57. The van der Waals surface area contributed by atoms with Crippen molar-refractivity contribution in [1.29, 1.82) is 0 Å². The zero-order chi connectivity index (χ0) is 15.7. The molecule has 3 rings (SSSR count). The first-order valence-corrected chi connectivity index (χ1v) is 7.76. The second kappa shape index (κ2) is 5.72. The van der Waals surface area contributed by atoms with E-state index in [4.69, 9.17) is 16.0 Å². The molecule has 1 aromatic carbocycles. The fourth-order valence-corrected chi connectivity index (χ4v) is 2.96. The third kappa shape index (κ3) is 2.61. The van der Waals surface area contributed by atoms with E-state index in [1.807, 2.05) is 31.2 Å². The molecule has 1 aliphatic rings. The van der Waals surface area contributed by atoms with E-state index in [0.717, 1.165) is 24.8 Å². The van der Waals surface area contributed by atoms with Gasteiger partial charge in [0.15, 0.2) is 0 Å². The summed E-state index contributed by atoms with van der Waals surface area (Å²) in [7, 11) is 0. The van der Waals surface area contributed by atoms with Crippen molar-refractivity contribution >= 4 is 17.5 Å². The van der Waals surface area contributed by atoms with Crippen LogP contribution in [0.3, 0.4) is 0 Å². The summed E-state index contributed by atoms with van der Waals surface area (Å²) >= 11 is 5.94. The molecule has 0 bridgehead atoms. The summed E-state index contributed by atoms with van der Waals surface area (Å²) in [4.78, 5) is 12.8. The fraction of sp³-hybridized carbons (Fsp3) is 0.438. The van der Waals surface area contributed by atoms with Gasteiger partial charge < -0.3 is 9.73 Å². The van der Waals surface area contributed by atoms with E-state index < -0.39 is 5.41 Å². The van der Waals surface area contributed by atoms with Crippen molar-refractivity contribution in [1.82, 2.24) is 15.5 Å². The Hall–Kier alpha value is -1.88. The normalized spacial score (nSPS) is 17.6. The van der Waals surface area contributed by atoms with Crippen LogP contribution in [0.15, 0.2) is 28.7 Å². The molecule has 1 N–H and O–H groups in total. The number of aromatic nitrogens is 2. The van der Waals surface area contributed by atoms with Crippen LogP contribution in [0.2, 0.25) is 5.02 Å². The van der Waals surface area contributed by atoms with Crippen molar-refractivity contribution in [2.45, 2.75) is 44.6 Å². The van der Waals surface area contributed by atoms with Gasteiger partial charge in [-0.15, -0.1) is 10.2 Å². The van der Waals surface area contributed by atoms with Gasteiger partial charge in [0, 0.05) is 11.9 Å². The number of halogens is 1. The minimum Gasteiger partial charge on any atom is -0.423 e. The highest BCUT2D eigenvalue weighted by atomic mass is 35.5. The summed E-state index contributed by atoms with van der Waals surface area (Å²) in [6, 6.07) is 7.22. The van der Waals surface area contributed by atoms with E-state index in [9.17, 15) is 4.79 Å². The van der Waals surface area contributed by atoms with Gasteiger partial charge in [0.25, 0.3) is 0 Å². The second-order valence-electron chi connectivity index (χ2n) is 5.80. The van der Waals surface area contributed by atoms with Crippen LogP contribution in [0.5, 0.6) is 0 Å². The summed E-state index contributed by atoms with van der Waals surface area (Å²) in [5, 5.41) is 11.4. The minimum atomic E-state index is -0.464. The van der Waals surface area contributed by atoms with Crippen molar-refractivity contribution in [2.75, 3.05) is 0 Å². The Morgan fingerprint density at radius 2 is 2.00 bits per heavy atom. The Balaban J connectivity index is 1.78. The van der Waals surface area contributed by atoms with Crippen molar-refractivity contribution < 1.29 is 9.21 Å². The van der Waals surface area contributed by atoms with Crippen LogP contribution in [0.4, 0.5) is 0 Å². The molecule has 6 heteroatoms. The highest BCUT2D eigenvalue weighted by Gasteiger charge is 2.46. The predicted octanol–water partition coefficient (Wildman–Crippen LogP) is 3.33. The first-order valence-electron chi connectivity index (χ1n) is 7.38. The molecule has 1 aliphatic carbocycles. The van der Waals surface area contributed by atoms with Crippen LogP contribution in [-0.2, 0) is 10.2 Å². The van der Waals surface area contributed by atoms with Gasteiger partial charge in [0.05, 0.1) is 5.41 Å². The van der Waals surface area contributed by atoms with Crippen molar-refractivity contribution in [2.24, 2.45) is 0 Å². The topological polar surface area (TPSA) is 68.0 Å². The summed E-state index contributed by atoms with van der Waals surface area (Å²) in [5.41, 5.74) is 0.544. The lowest BCUT2D eigenvalue weighted by Crippen LogP contribution is -2.49. The molecule has 0 spiro atoms. The molecule has 5 nitrogen and oxygen atoms in total. The number of nitrogens with zero attached hydrogens (tertiary/aromatic N) is 2.